The molecule has 2 aliphatic heterocycles. The molecule has 0 saturated carbocycles. The summed E-state index contributed by atoms with van der Waals surface area (Å²) in [6.45, 7) is 11.3. The van der Waals surface area contributed by atoms with Crippen molar-refractivity contribution in [1.29, 1.82) is 5.26 Å². The van der Waals surface area contributed by atoms with Gasteiger partial charge in [0, 0.05) is 62.8 Å². The molecule has 61 heavy (non-hydrogen) atoms. The summed E-state index contributed by atoms with van der Waals surface area (Å²) in [5.41, 5.74) is 25.5. The molecule has 0 saturated heterocycles. The molecule has 0 spiro atoms. The average Bonchev–Trinajstić information content (AvgIpc) is 3.55. The number of carbonyl (C=O) groups is 1. The van der Waals surface area contributed by atoms with E-state index in [1.807, 2.05) is 42.7 Å². The Bertz CT molecular complexity index is 3190. The van der Waals surface area contributed by atoms with E-state index >= 15 is 4.79 Å². The number of anilines is 4. The molecule has 11 rings (SSSR count). The van der Waals surface area contributed by atoms with Crippen LogP contribution in [0.15, 0.2) is 168 Å². The Morgan fingerprint density at radius 2 is 1.30 bits per heavy atom. The van der Waals surface area contributed by atoms with E-state index in [1.165, 1.54) is 28.0 Å². The van der Waals surface area contributed by atoms with Crippen molar-refractivity contribution in [2.24, 2.45) is 0 Å². The largest absolute Gasteiger partial charge is 0.310 e. The molecule has 3 aliphatic carbocycles. The molecule has 0 amide bonds. The molecule has 292 valence electrons. The lowest BCUT2D eigenvalue weighted by atomic mass is 9.70. The Morgan fingerprint density at radius 3 is 2.03 bits per heavy atom. The molecule has 0 fully saturated rings. The first-order chi connectivity index (χ1) is 29.6. The number of aromatic nitrogens is 2. The number of carbonyl (C=O) groups excluding carboxylic acids is 1. The highest BCUT2D eigenvalue weighted by molar-refractivity contribution is 6.24. The zero-order valence-corrected chi connectivity index (χ0v) is 34.8. The van der Waals surface area contributed by atoms with E-state index in [0.29, 0.717) is 16.7 Å². The first-order valence-electron chi connectivity index (χ1n) is 20.9. The van der Waals surface area contributed by atoms with Gasteiger partial charge < -0.3 is 9.80 Å². The molecule has 5 aliphatic rings. The number of benzene rings is 5. The van der Waals surface area contributed by atoms with Crippen LogP contribution in [0.2, 0.25) is 0 Å². The molecule has 0 atom stereocenters. The number of nitrogens with zero attached hydrogens (tertiary/aromatic N) is 5. The molecular formula is C55H41N5O. The Kier molecular flexibility index (Phi) is 7.93. The van der Waals surface area contributed by atoms with Crippen LogP contribution >= 0.6 is 0 Å². The van der Waals surface area contributed by atoms with Crippen LogP contribution in [0, 0.1) is 18.3 Å². The minimum absolute atomic E-state index is 0.0344. The van der Waals surface area contributed by atoms with Crippen molar-refractivity contribution in [3.8, 4) is 39.4 Å². The third-order valence-electron chi connectivity index (χ3n) is 13.4. The summed E-state index contributed by atoms with van der Waals surface area (Å²) in [5.74, 6) is -0.0344. The lowest BCUT2D eigenvalue weighted by Gasteiger charge is -2.46. The molecule has 0 bridgehead atoms. The summed E-state index contributed by atoms with van der Waals surface area (Å²) in [7, 11) is 0. The topological polar surface area (TPSA) is 73.1 Å². The number of aryl methyl sites for hydroxylation is 1. The van der Waals surface area contributed by atoms with Crippen molar-refractivity contribution in [2.75, 3.05) is 9.80 Å². The predicted octanol–water partition coefficient (Wildman–Crippen LogP) is 12.8. The van der Waals surface area contributed by atoms with Crippen molar-refractivity contribution in [3.05, 3.63) is 201 Å². The molecule has 0 unspecified atom stereocenters. The number of hydrogen-bond donors (Lipinski definition) is 0. The fourth-order valence-electron chi connectivity index (χ4n) is 10.3. The van der Waals surface area contributed by atoms with Crippen LogP contribution in [0.3, 0.4) is 0 Å². The molecular weight excluding hydrogens is 747 g/mol. The highest BCUT2D eigenvalue weighted by atomic mass is 16.1. The minimum atomic E-state index is -0.298. The zero-order valence-electron chi connectivity index (χ0n) is 34.8. The molecule has 6 nitrogen and oxygen atoms in total. The Balaban J connectivity index is 1.21. The second kappa shape index (κ2) is 13.2. The highest BCUT2D eigenvalue weighted by Crippen LogP contribution is 2.57. The van der Waals surface area contributed by atoms with Gasteiger partial charge in [-0.25, -0.2) is 9.97 Å². The SMILES string of the molecule is Cc1ccc2c(c1)C(C)(C)C1=CCCC=C1N2c1cc2c(cc1-c1cncnc1)C(=O)c1cc(-c3ccc(C#N)cc3)c(N3C4=C(C=C=C=C4)C(C)(C)c4ccccc43)cc1-2. The number of para-hydroxylation sites is 1. The maximum absolute atomic E-state index is 15.0. The van der Waals surface area contributed by atoms with Gasteiger partial charge in [-0.15, -0.1) is 0 Å². The monoisotopic (exact) mass is 787 g/mol. The van der Waals surface area contributed by atoms with Gasteiger partial charge in [-0.3, -0.25) is 4.79 Å². The van der Waals surface area contributed by atoms with Crippen molar-refractivity contribution < 1.29 is 4.79 Å². The van der Waals surface area contributed by atoms with Gasteiger partial charge in [0.1, 0.15) is 6.33 Å². The van der Waals surface area contributed by atoms with Gasteiger partial charge >= 0.3 is 0 Å². The first kappa shape index (κ1) is 36.5. The minimum Gasteiger partial charge on any atom is -0.310 e. The summed E-state index contributed by atoms with van der Waals surface area (Å²) in [5, 5.41) is 9.74. The maximum Gasteiger partial charge on any atom is 0.194 e. The number of allylic oxidation sites excluding steroid dienone is 6. The van der Waals surface area contributed by atoms with Crippen molar-refractivity contribution >= 4 is 28.5 Å². The van der Waals surface area contributed by atoms with Gasteiger partial charge in [0.05, 0.1) is 40.1 Å². The number of ketones is 1. The predicted molar refractivity (Wildman–Crippen MR) is 243 cm³/mol. The highest BCUT2D eigenvalue weighted by Gasteiger charge is 2.43. The van der Waals surface area contributed by atoms with E-state index in [1.54, 1.807) is 6.33 Å². The Labute approximate surface area is 356 Å². The fraction of sp³-hybridized carbons (Fsp3) is 0.164. The molecule has 6 heteroatoms. The van der Waals surface area contributed by atoms with Crippen molar-refractivity contribution in [3.63, 3.8) is 0 Å². The molecule has 1 aromatic heterocycles. The number of nitriles is 1. The molecule has 0 radical (unpaired) electrons. The summed E-state index contributed by atoms with van der Waals surface area (Å²) in [4.78, 5) is 28.7. The average molecular weight is 788 g/mol. The molecule has 3 heterocycles. The molecule has 5 aromatic carbocycles. The van der Waals surface area contributed by atoms with E-state index in [2.05, 4.69) is 157 Å². The Hall–Kier alpha value is -7.54. The number of fused-ring (bicyclic) bond motifs is 6. The van der Waals surface area contributed by atoms with Crippen molar-refractivity contribution in [2.45, 2.75) is 58.3 Å². The van der Waals surface area contributed by atoms with Gasteiger partial charge in [0.15, 0.2) is 5.78 Å². The van der Waals surface area contributed by atoms with Gasteiger partial charge in [-0.05, 0) is 113 Å². The van der Waals surface area contributed by atoms with Gasteiger partial charge in [-0.1, -0.05) is 99.3 Å². The second-order valence-corrected chi connectivity index (χ2v) is 17.6. The van der Waals surface area contributed by atoms with E-state index in [0.717, 1.165) is 80.2 Å². The van der Waals surface area contributed by atoms with E-state index in [9.17, 15) is 5.26 Å². The van der Waals surface area contributed by atoms with Crippen LogP contribution in [0.4, 0.5) is 22.7 Å². The lowest BCUT2D eigenvalue weighted by Crippen LogP contribution is -2.36. The molecule has 0 N–H and O–H groups in total. The lowest BCUT2D eigenvalue weighted by molar-refractivity contribution is 0.104. The standard InChI is InChI=1S/C55H41N5O/c1-33-18-23-50-46(24-33)55(4,5)45-14-8-11-17-49(45)60(50)52-28-40-39-27-51(59-47-15-9-6-12-43(47)54(2,3)44-13-7-10-16-48(44)59)37(35-21-19-34(29-56)20-22-35)25-41(39)53(61)42(40)26-38(52)36-30-57-32-58-31-36/h6,9,12-28,30-32H,8,11H2,1-5H3. The zero-order chi connectivity index (χ0) is 41.8. The van der Waals surface area contributed by atoms with E-state index in [-0.39, 0.29) is 16.6 Å². The van der Waals surface area contributed by atoms with Crippen LogP contribution in [0.5, 0.6) is 0 Å². The summed E-state index contributed by atoms with van der Waals surface area (Å²) < 4.78 is 0. The quantitative estimate of drug-likeness (QED) is 0.165. The van der Waals surface area contributed by atoms with Gasteiger partial charge in [0.2, 0.25) is 0 Å². The summed E-state index contributed by atoms with van der Waals surface area (Å²) >= 11 is 0. The van der Waals surface area contributed by atoms with Crippen LogP contribution in [-0.2, 0) is 10.8 Å². The van der Waals surface area contributed by atoms with Crippen LogP contribution in [-0.4, -0.2) is 15.8 Å². The normalized spacial score (nSPS) is 17.1. The van der Waals surface area contributed by atoms with Crippen LogP contribution in [0.25, 0.3) is 33.4 Å². The van der Waals surface area contributed by atoms with Crippen LogP contribution in [0.1, 0.15) is 78.7 Å². The van der Waals surface area contributed by atoms with Crippen LogP contribution < -0.4 is 9.80 Å². The second-order valence-electron chi connectivity index (χ2n) is 17.6. The van der Waals surface area contributed by atoms with Gasteiger partial charge in [-0.2, -0.15) is 5.26 Å². The summed E-state index contributed by atoms with van der Waals surface area (Å²) in [6, 6.07) is 33.8. The first-order valence-corrected chi connectivity index (χ1v) is 20.9. The molecule has 6 aromatic rings. The third kappa shape index (κ3) is 5.32. The van der Waals surface area contributed by atoms with Crippen molar-refractivity contribution in [1.82, 2.24) is 9.97 Å². The van der Waals surface area contributed by atoms with E-state index in [4.69, 9.17) is 0 Å². The van der Waals surface area contributed by atoms with E-state index < -0.39 is 0 Å². The summed E-state index contributed by atoms with van der Waals surface area (Å²) in [6.07, 6.45) is 16.0. The number of hydrogen-bond acceptors (Lipinski definition) is 6. The third-order valence-corrected chi connectivity index (χ3v) is 13.4. The smallest absolute Gasteiger partial charge is 0.194 e. The maximum atomic E-state index is 15.0. The fourth-order valence-corrected chi connectivity index (χ4v) is 10.3. The number of rotatable bonds is 4. The Morgan fingerprint density at radius 1 is 0.639 bits per heavy atom. The van der Waals surface area contributed by atoms with Gasteiger partial charge in [0.25, 0.3) is 0 Å².